The van der Waals surface area contributed by atoms with Gasteiger partial charge in [0.05, 0.1) is 12.5 Å². The molecule has 0 bridgehead atoms. The van der Waals surface area contributed by atoms with Crippen molar-refractivity contribution in [2.75, 3.05) is 6.61 Å². The number of phenolic OH excluding ortho intramolecular Hbond substituents is 7. The number of ether oxygens (including phenoxy) is 3. The highest BCUT2D eigenvalue weighted by molar-refractivity contribution is 5.72. The highest BCUT2D eigenvalue weighted by atomic mass is 16.7. The minimum atomic E-state index is -1.75. The Balaban J connectivity index is 1.25. The van der Waals surface area contributed by atoms with E-state index in [9.17, 15) is 56.2 Å². The van der Waals surface area contributed by atoms with Crippen molar-refractivity contribution in [3.63, 3.8) is 0 Å². The van der Waals surface area contributed by atoms with E-state index in [2.05, 4.69) is 0 Å². The molecule has 6 aromatic rings. The third-order valence-corrected chi connectivity index (χ3v) is 13.0. The van der Waals surface area contributed by atoms with E-state index < -0.39 is 73.0 Å². The fraction of sp³-hybridized carbons (Fsp3) is 0.250. The van der Waals surface area contributed by atoms with Crippen LogP contribution in [-0.2, 0) is 4.74 Å². The molecule has 0 saturated carbocycles. The molecule has 2 heterocycles. The van der Waals surface area contributed by atoms with E-state index in [1.54, 1.807) is 60.7 Å². The van der Waals surface area contributed by atoms with Gasteiger partial charge in [-0.15, -0.1) is 0 Å². The molecule has 4 aliphatic rings. The Bertz CT molecular complexity index is 2680. The largest absolute Gasteiger partial charge is 0.508 e. The van der Waals surface area contributed by atoms with Gasteiger partial charge in [-0.25, -0.2) is 0 Å². The van der Waals surface area contributed by atoms with Crippen molar-refractivity contribution >= 4 is 0 Å². The number of aromatic hydroxyl groups is 7. The number of phenols is 7. The maximum absolute atomic E-state index is 12.4. The van der Waals surface area contributed by atoms with Crippen LogP contribution in [0.4, 0.5) is 0 Å². The second-order valence-corrected chi connectivity index (χ2v) is 16.5. The Labute approximate surface area is 353 Å². The SMILES string of the molecule is OC[C@H]1O[C@@H](Oc2cc(O)cc([C@@H]3c4c(O)cc5c6c4[C@@H]([C@@H](c4ccc(O)cc4)c4c(O)cc(O)cc4[C@@H]6[C@@H](c4ccc(O)cc4)O5)[C@H]3c3ccc(O)cc3)c2)[C@H](O)[C@@H](O)[C@@H]1O. The van der Waals surface area contributed by atoms with Gasteiger partial charge in [-0.1, -0.05) is 36.4 Å². The highest BCUT2D eigenvalue weighted by Crippen LogP contribution is 2.70. The molecule has 0 radical (unpaired) electrons. The van der Waals surface area contributed by atoms with Gasteiger partial charge in [-0.3, -0.25) is 0 Å². The van der Waals surface area contributed by atoms with E-state index >= 15 is 0 Å². The lowest BCUT2D eigenvalue weighted by molar-refractivity contribution is -0.277. The normalized spacial score (nSPS) is 28.1. The van der Waals surface area contributed by atoms with Crippen LogP contribution in [0.25, 0.3) is 0 Å². The van der Waals surface area contributed by atoms with Crippen LogP contribution in [0.5, 0.6) is 51.7 Å². The van der Waals surface area contributed by atoms with Crippen molar-refractivity contribution in [3.8, 4) is 51.7 Å². The number of benzene rings is 6. The Kier molecular flexibility index (Phi) is 9.39. The summed E-state index contributed by atoms with van der Waals surface area (Å²) in [4.78, 5) is 0. The van der Waals surface area contributed by atoms with Gasteiger partial charge in [-0.05, 0) is 88.0 Å². The number of rotatable bonds is 7. The first-order valence-electron chi connectivity index (χ1n) is 20.1. The van der Waals surface area contributed by atoms with Crippen LogP contribution >= 0.6 is 0 Å². The summed E-state index contributed by atoms with van der Waals surface area (Å²) in [6.45, 7) is -0.687. The van der Waals surface area contributed by atoms with Gasteiger partial charge in [0, 0.05) is 58.6 Å². The summed E-state index contributed by atoms with van der Waals surface area (Å²) >= 11 is 0. The lowest BCUT2D eigenvalue weighted by atomic mass is 9.69. The topological polar surface area (TPSA) is 250 Å². The van der Waals surface area contributed by atoms with Gasteiger partial charge in [0.25, 0.3) is 0 Å². The summed E-state index contributed by atoms with van der Waals surface area (Å²) in [5, 5.41) is 120. The molecule has 1 fully saturated rings. The van der Waals surface area contributed by atoms with E-state index in [0.29, 0.717) is 55.8 Å². The maximum atomic E-state index is 12.4. The highest BCUT2D eigenvalue weighted by Gasteiger charge is 2.56. The molecule has 11 atom stereocenters. The predicted octanol–water partition coefficient (Wildman–Crippen LogP) is 5.23. The number of hydrogen-bond acceptors (Lipinski definition) is 14. The van der Waals surface area contributed by atoms with Gasteiger partial charge in [0.1, 0.15) is 82.3 Å². The molecule has 14 heteroatoms. The first-order chi connectivity index (χ1) is 29.8. The lowest BCUT2D eigenvalue weighted by Gasteiger charge is -2.39. The monoisotopic (exact) mass is 842 g/mol. The van der Waals surface area contributed by atoms with Crippen LogP contribution in [0.1, 0.15) is 85.8 Å². The molecule has 0 unspecified atom stereocenters. The van der Waals surface area contributed by atoms with Crippen molar-refractivity contribution in [2.24, 2.45) is 0 Å². The van der Waals surface area contributed by atoms with Crippen molar-refractivity contribution in [1.29, 1.82) is 0 Å². The molecule has 10 rings (SSSR count). The summed E-state index contributed by atoms with van der Waals surface area (Å²) in [7, 11) is 0. The minimum Gasteiger partial charge on any atom is -0.508 e. The van der Waals surface area contributed by atoms with Crippen LogP contribution in [-0.4, -0.2) is 93.5 Å². The molecule has 14 nitrogen and oxygen atoms in total. The van der Waals surface area contributed by atoms with Gasteiger partial charge < -0.3 is 70.4 Å². The van der Waals surface area contributed by atoms with Crippen LogP contribution in [0.15, 0.2) is 109 Å². The van der Waals surface area contributed by atoms with Gasteiger partial charge in [-0.2, -0.15) is 0 Å². The molecular weight excluding hydrogens is 801 g/mol. The van der Waals surface area contributed by atoms with Crippen LogP contribution < -0.4 is 9.47 Å². The maximum Gasteiger partial charge on any atom is 0.229 e. The first kappa shape index (κ1) is 39.5. The predicted molar refractivity (Wildman–Crippen MR) is 219 cm³/mol. The lowest BCUT2D eigenvalue weighted by Crippen LogP contribution is -2.60. The number of aliphatic hydroxyl groups excluding tert-OH is 4. The second-order valence-electron chi connectivity index (χ2n) is 16.5. The minimum absolute atomic E-state index is 0.00302. The summed E-state index contributed by atoms with van der Waals surface area (Å²) < 4.78 is 18.4. The van der Waals surface area contributed by atoms with Crippen LogP contribution in [0, 0.1) is 0 Å². The Morgan fingerprint density at radius 2 is 1.05 bits per heavy atom. The quantitative estimate of drug-likeness (QED) is 0.0986. The van der Waals surface area contributed by atoms with E-state index in [1.807, 2.05) is 0 Å². The van der Waals surface area contributed by atoms with Gasteiger partial charge in [0.15, 0.2) is 0 Å². The molecule has 2 aliphatic heterocycles. The van der Waals surface area contributed by atoms with E-state index in [4.69, 9.17) is 14.2 Å². The Morgan fingerprint density at radius 3 is 1.69 bits per heavy atom. The van der Waals surface area contributed by atoms with Gasteiger partial charge >= 0.3 is 0 Å². The zero-order valence-electron chi connectivity index (χ0n) is 32.6. The van der Waals surface area contributed by atoms with Crippen molar-refractivity contribution < 1.29 is 70.4 Å². The molecule has 0 amide bonds. The number of fused-ring (bicyclic) bond motifs is 2. The van der Waals surface area contributed by atoms with E-state index in [1.165, 1.54) is 48.5 Å². The zero-order valence-corrected chi connectivity index (χ0v) is 32.6. The zero-order chi connectivity index (χ0) is 43.3. The third-order valence-electron chi connectivity index (χ3n) is 13.0. The third kappa shape index (κ3) is 6.21. The molecule has 318 valence electrons. The number of aliphatic hydroxyl groups is 4. The number of hydrogen-bond donors (Lipinski definition) is 11. The fourth-order valence-corrected chi connectivity index (χ4v) is 10.4. The van der Waals surface area contributed by atoms with E-state index in [0.717, 1.165) is 0 Å². The average Bonchev–Trinajstić information content (AvgIpc) is 3.76. The molecule has 6 aromatic carbocycles. The smallest absolute Gasteiger partial charge is 0.229 e. The van der Waals surface area contributed by atoms with E-state index in [-0.39, 0.29) is 46.0 Å². The standard InChI is InChI=1S/C48H42O14/c49-19-34-44(57)45(58)46(59)48(62-34)60-29-14-23(13-27(53)15-29)37-35(20-1-7-24(50)8-2-20)42-36(21-3-9-25(51)10-4-21)38-30(16-28(54)17-31(38)55)39-41-33(18-32(56)40(37)43(41)42)61-47(39)22-5-11-26(52)12-6-22/h1-18,34-37,39,42,44-59H,19H2/t34-,35+,36+,37+,39+,42-,44-,45+,46-,47-,48-/m1/s1. The first-order valence-corrected chi connectivity index (χ1v) is 20.1. The summed E-state index contributed by atoms with van der Waals surface area (Å²) in [5.41, 5.74) is 5.26. The average molecular weight is 843 g/mol. The molecular formula is C48H42O14. The Hall–Kier alpha value is -6.68. The summed E-state index contributed by atoms with van der Waals surface area (Å²) in [6, 6.07) is 28.5. The van der Waals surface area contributed by atoms with Crippen LogP contribution in [0.3, 0.4) is 0 Å². The van der Waals surface area contributed by atoms with Gasteiger partial charge in [0.2, 0.25) is 6.29 Å². The van der Waals surface area contributed by atoms with Crippen molar-refractivity contribution in [1.82, 2.24) is 0 Å². The molecule has 62 heavy (non-hydrogen) atoms. The Morgan fingerprint density at radius 1 is 0.468 bits per heavy atom. The molecule has 0 aromatic heterocycles. The van der Waals surface area contributed by atoms with Crippen molar-refractivity contribution in [2.45, 2.75) is 66.4 Å². The molecule has 0 spiro atoms. The fourth-order valence-electron chi connectivity index (χ4n) is 10.4. The molecule has 2 aliphatic carbocycles. The van der Waals surface area contributed by atoms with Crippen LogP contribution in [0.2, 0.25) is 0 Å². The summed E-state index contributed by atoms with van der Waals surface area (Å²) in [5.74, 6) is -4.07. The molecule has 11 N–H and O–H groups in total. The van der Waals surface area contributed by atoms with Crippen molar-refractivity contribution in [3.05, 3.63) is 159 Å². The second kappa shape index (κ2) is 14.8. The molecule has 1 saturated heterocycles. The summed E-state index contributed by atoms with van der Waals surface area (Å²) in [6.07, 6.45) is -8.73.